The fourth-order valence-electron chi connectivity index (χ4n) is 3.68. The van der Waals surface area contributed by atoms with Crippen LogP contribution in [0, 0.1) is 0 Å². The zero-order valence-electron chi connectivity index (χ0n) is 18.6. The van der Waals surface area contributed by atoms with Gasteiger partial charge in [-0.15, -0.1) is 6.58 Å². The fraction of sp³-hybridized carbons (Fsp3) is 0.423. The molecule has 2 atom stereocenters. The Labute approximate surface area is 176 Å². The number of methoxy groups -OCH3 is 2. The highest BCUT2D eigenvalue weighted by Gasteiger charge is 2.28. The largest absolute Gasteiger partial charge is 0.384 e. The lowest BCUT2D eigenvalue weighted by Gasteiger charge is -2.28. The van der Waals surface area contributed by atoms with Crippen molar-refractivity contribution in [2.45, 2.75) is 44.4 Å². The van der Waals surface area contributed by atoms with E-state index in [-0.39, 0.29) is 16.6 Å². The van der Waals surface area contributed by atoms with Crippen molar-refractivity contribution in [1.29, 1.82) is 0 Å². The molecule has 0 saturated heterocycles. The molecule has 0 N–H and O–H groups in total. The van der Waals surface area contributed by atoms with Crippen LogP contribution in [0.3, 0.4) is 0 Å². The van der Waals surface area contributed by atoms with Gasteiger partial charge in [-0.1, -0.05) is 80.6 Å². The van der Waals surface area contributed by atoms with Gasteiger partial charge in [0, 0.05) is 31.5 Å². The van der Waals surface area contributed by atoms with Crippen LogP contribution in [-0.4, -0.2) is 33.2 Å². The van der Waals surface area contributed by atoms with E-state index in [2.05, 4.69) is 44.7 Å². The molecule has 2 unspecified atom stereocenters. The van der Waals surface area contributed by atoms with Crippen LogP contribution in [0.25, 0.3) is 0 Å². The third kappa shape index (κ3) is 7.96. The van der Waals surface area contributed by atoms with Gasteiger partial charge < -0.3 is 9.47 Å². The summed E-state index contributed by atoms with van der Waals surface area (Å²) in [6, 6.07) is 20.5. The minimum absolute atomic E-state index is 0.0533. The van der Waals surface area contributed by atoms with E-state index >= 15 is 0 Å². The lowest BCUT2D eigenvalue weighted by Crippen LogP contribution is -2.30. The first-order valence-electron chi connectivity index (χ1n) is 10.0. The van der Waals surface area contributed by atoms with Crippen molar-refractivity contribution in [1.82, 2.24) is 0 Å². The van der Waals surface area contributed by atoms with E-state index in [4.69, 9.17) is 9.47 Å². The molecule has 0 aliphatic rings. The second-order valence-corrected chi connectivity index (χ2v) is 8.09. The highest BCUT2D eigenvalue weighted by molar-refractivity contribution is 5.77. The summed E-state index contributed by atoms with van der Waals surface area (Å²) >= 11 is 0. The number of allylic oxidation sites excluding steroid dienone is 1. The SMILES string of the molecule is C=CCC(C)(COC)c1ccccc1.COCC(C)(CC(C)=O)c1ccccc1. The highest BCUT2D eigenvalue weighted by Crippen LogP contribution is 2.29. The molecular formula is C26H36O3. The summed E-state index contributed by atoms with van der Waals surface area (Å²) in [5, 5.41) is 0. The predicted octanol–water partition coefficient (Wildman–Crippen LogP) is 5.74. The summed E-state index contributed by atoms with van der Waals surface area (Å²) in [6.45, 7) is 11.0. The molecule has 2 aromatic carbocycles. The number of hydrogen-bond donors (Lipinski definition) is 0. The second-order valence-electron chi connectivity index (χ2n) is 8.09. The maximum absolute atomic E-state index is 11.3. The van der Waals surface area contributed by atoms with E-state index in [0.29, 0.717) is 13.0 Å². The van der Waals surface area contributed by atoms with Crippen LogP contribution < -0.4 is 0 Å². The van der Waals surface area contributed by atoms with Crippen LogP contribution in [-0.2, 0) is 25.1 Å². The number of ketones is 1. The van der Waals surface area contributed by atoms with Gasteiger partial charge in [0.2, 0.25) is 0 Å². The average molecular weight is 397 g/mol. The van der Waals surface area contributed by atoms with E-state index in [0.717, 1.165) is 18.6 Å². The summed E-state index contributed by atoms with van der Waals surface area (Å²) in [4.78, 5) is 11.3. The molecule has 2 rings (SSSR count). The van der Waals surface area contributed by atoms with E-state index in [1.54, 1.807) is 21.1 Å². The van der Waals surface area contributed by atoms with Crippen LogP contribution in [0.4, 0.5) is 0 Å². The second kappa shape index (κ2) is 12.4. The van der Waals surface area contributed by atoms with Crippen LogP contribution in [0.15, 0.2) is 73.3 Å². The van der Waals surface area contributed by atoms with Crippen LogP contribution in [0.1, 0.15) is 44.7 Å². The lowest BCUT2D eigenvalue weighted by atomic mass is 9.79. The molecule has 0 bridgehead atoms. The molecule has 0 heterocycles. The minimum atomic E-state index is -0.207. The quantitative estimate of drug-likeness (QED) is 0.481. The molecule has 0 aromatic heterocycles. The van der Waals surface area contributed by atoms with Gasteiger partial charge in [-0.05, 0) is 24.5 Å². The number of benzene rings is 2. The Balaban J connectivity index is 0.000000291. The fourth-order valence-corrected chi connectivity index (χ4v) is 3.68. The number of carbonyl (C=O) groups is 1. The first-order valence-corrected chi connectivity index (χ1v) is 10.0. The van der Waals surface area contributed by atoms with E-state index in [1.807, 2.05) is 42.5 Å². The molecule has 0 amide bonds. The van der Waals surface area contributed by atoms with Gasteiger partial charge in [0.05, 0.1) is 13.2 Å². The highest BCUT2D eigenvalue weighted by atomic mass is 16.5. The molecule has 0 radical (unpaired) electrons. The Hall–Kier alpha value is -2.23. The van der Waals surface area contributed by atoms with E-state index < -0.39 is 0 Å². The number of carbonyl (C=O) groups excluding carboxylic acids is 1. The molecule has 0 fully saturated rings. The first-order chi connectivity index (χ1) is 13.8. The summed E-state index contributed by atoms with van der Waals surface area (Å²) < 4.78 is 10.5. The van der Waals surface area contributed by atoms with Crippen molar-refractivity contribution in [3.63, 3.8) is 0 Å². The van der Waals surface area contributed by atoms with Crippen LogP contribution in [0.2, 0.25) is 0 Å². The maximum Gasteiger partial charge on any atom is 0.130 e. The van der Waals surface area contributed by atoms with Crippen molar-refractivity contribution in [3.05, 3.63) is 84.4 Å². The Morgan fingerprint density at radius 2 is 1.28 bits per heavy atom. The van der Waals surface area contributed by atoms with E-state index in [9.17, 15) is 4.79 Å². The van der Waals surface area contributed by atoms with Gasteiger partial charge in [-0.3, -0.25) is 4.79 Å². The van der Waals surface area contributed by atoms with Crippen molar-refractivity contribution in [2.24, 2.45) is 0 Å². The standard InChI is InChI=1S/C13H18O2.C13H18O/c1-11(14)9-13(2,10-15-3)12-7-5-4-6-8-12;1-4-10-13(2,11-14-3)12-8-6-5-7-9-12/h4-8H,9-10H2,1-3H3;4-9H,1,10-11H2,2-3H3. The molecule has 29 heavy (non-hydrogen) atoms. The summed E-state index contributed by atoms with van der Waals surface area (Å²) in [5.74, 6) is 0.193. The van der Waals surface area contributed by atoms with Crippen molar-refractivity contribution >= 4 is 5.78 Å². The van der Waals surface area contributed by atoms with Gasteiger partial charge in [-0.25, -0.2) is 0 Å². The Morgan fingerprint density at radius 1 is 0.862 bits per heavy atom. The summed E-state index contributed by atoms with van der Waals surface area (Å²) in [7, 11) is 3.41. The summed E-state index contributed by atoms with van der Waals surface area (Å²) in [6.07, 6.45) is 3.40. The smallest absolute Gasteiger partial charge is 0.130 e. The Morgan fingerprint density at radius 3 is 1.66 bits per heavy atom. The number of Topliss-reactive ketones (excluding diaryl/α,β-unsaturated/α-hetero) is 1. The molecular weight excluding hydrogens is 360 g/mol. The van der Waals surface area contributed by atoms with Crippen molar-refractivity contribution in [3.8, 4) is 0 Å². The van der Waals surface area contributed by atoms with Crippen LogP contribution >= 0.6 is 0 Å². The molecule has 158 valence electrons. The minimum Gasteiger partial charge on any atom is -0.384 e. The van der Waals surface area contributed by atoms with E-state index in [1.165, 1.54) is 5.56 Å². The van der Waals surface area contributed by atoms with Gasteiger partial charge in [0.15, 0.2) is 0 Å². The normalized spacial score (nSPS) is 14.7. The number of hydrogen-bond acceptors (Lipinski definition) is 3. The van der Waals surface area contributed by atoms with Crippen molar-refractivity contribution in [2.75, 3.05) is 27.4 Å². The van der Waals surface area contributed by atoms with Crippen LogP contribution in [0.5, 0.6) is 0 Å². The average Bonchev–Trinajstić information content (AvgIpc) is 2.70. The molecule has 2 aromatic rings. The Bertz CT molecular complexity index is 726. The summed E-state index contributed by atoms with van der Waals surface area (Å²) in [5.41, 5.74) is 2.31. The van der Waals surface area contributed by atoms with Gasteiger partial charge in [0.1, 0.15) is 5.78 Å². The third-order valence-electron chi connectivity index (χ3n) is 5.10. The van der Waals surface area contributed by atoms with Gasteiger partial charge in [-0.2, -0.15) is 0 Å². The zero-order valence-corrected chi connectivity index (χ0v) is 18.6. The Kier molecular flexibility index (Phi) is 10.6. The lowest BCUT2D eigenvalue weighted by molar-refractivity contribution is -0.118. The maximum atomic E-state index is 11.3. The molecule has 0 saturated carbocycles. The number of rotatable bonds is 10. The van der Waals surface area contributed by atoms with Gasteiger partial charge >= 0.3 is 0 Å². The van der Waals surface area contributed by atoms with Crippen molar-refractivity contribution < 1.29 is 14.3 Å². The molecule has 0 aliphatic heterocycles. The first kappa shape index (κ1) is 24.8. The molecule has 3 heteroatoms. The predicted molar refractivity (Wildman–Crippen MR) is 121 cm³/mol. The third-order valence-corrected chi connectivity index (χ3v) is 5.10. The molecule has 0 aliphatic carbocycles. The van der Waals surface area contributed by atoms with Gasteiger partial charge in [0.25, 0.3) is 0 Å². The molecule has 0 spiro atoms. The molecule has 3 nitrogen and oxygen atoms in total. The monoisotopic (exact) mass is 396 g/mol. The number of ether oxygens (including phenoxy) is 2. The zero-order chi connectivity index (χ0) is 21.8. The topological polar surface area (TPSA) is 35.5 Å².